The summed E-state index contributed by atoms with van der Waals surface area (Å²) >= 11 is 0. The van der Waals surface area contributed by atoms with Crippen molar-refractivity contribution < 1.29 is 9.47 Å². The molecule has 5 heteroatoms. The molecule has 0 amide bonds. The van der Waals surface area contributed by atoms with Crippen LogP contribution in [0.3, 0.4) is 0 Å². The van der Waals surface area contributed by atoms with Gasteiger partial charge in [0.2, 0.25) is 0 Å². The minimum Gasteiger partial charge on any atom is -0.497 e. The summed E-state index contributed by atoms with van der Waals surface area (Å²) in [5, 5.41) is 6.89. The molecule has 1 aromatic rings. The first-order valence-electron chi connectivity index (χ1n) is 9.63. The number of methoxy groups -OCH3 is 1. The van der Waals surface area contributed by atoms with Gasteiger partial charge in [-0.2, -0.15) is 0 Å². The molecule has 2 unspecified atom stereocenters. The summed E-state index contributed by atoms with van der Waals surface area (Å²) in [5.74, 6) is 2.27. The standard InChI is InChI=1S/C21H35N3O2/c1-21(2,3)19-17(7-6-14-26-19)15-24-20(22-4)23-13-12-16-8-10-18(25-5)11-9-16/h8-11,17,19H,6-7,12-15H2,1-5H3,(H2,22,23,24). The monoisotopic (exact) mass is 361 g/mol. The molecular formula is C21H35N3O2. The Kier molecular flexibility index (Phi) is 7.76. The molecule has 0 spiro atoms. The van der Waals surface area contributed by atoms with Gasteiger partial charge in [0, 0.05) is 32.7 Å². The van der Waals surface area contributed by atoms with Crippen LogP contribution >= 0.6 is 0 Å². The van der Waals surface area contributed by atoms with Crippen molar-refractivity contribution in [2.24, 2.45) is 16.3 Å². The van der Waals surface area contributed by atoms with Crippen molar-refractivity contribution in [3.05, 3.63) is 29.8 Å². The second kappa shape index (κ2) is 9.81. The Morgan fingerprint density at radius 2 is 1.96 bits per heavy atom. The molecule has 2 rings (SSSR count). The van der Waals surface area contributed by atoms with Gasteiger partial charge in [-0.3, -0.25) is 4.99 Å². The van der Waals surface area contributed by atoms with E-state index in [-0.39, 0.29) is 5.41 Å². The van der Waals surface area contributed by atoms with Crippen molar-refractivity contribution in [2.75, 3.05) is 33.9 Å². The van der Waals surface area contributed by atoms with Crippen LogP contribution in [0, 0.1) is 11.3 Å². The number of aliphatic imine (C=N–C) groups is 1. The zero-order chi connectivity index (χ0) is 19.0. The van der Waals surface area contributed by atoms with Gasteiger partial charge in [0.1, 0.15) is 5.75 Å². The Morgan fingerprint density at radius 1 is 1.23 bits per heavy atom. The summed E-state index contributed by atoms with van der Waals surface area (Å²) in [7, 11) is 3.51. The SMILES string of the molecule is CN=C(NCCc1ccc(OC)cc1)NCC1CCCOC1C(C)(C)C. The van der Waals surface area contributed by atoms with Gasteiger partial charge in [-0.1, -0.05) is 32.9 Å². The van der Waals surface area contributed by atoms with Gasteiger partial charge in [0.05, 0.1) is 13.2 Å². The number of nitrogens with zero attached hydrogens (tertiary/aromatic N) is 1. The first-order valence-corrected chi connectivity index (χ1v) is 9.63. The lowest BCUT2D eigenvalue weighted by atomic mass is 9.78. The van der Waals surface area contributed by atoms with E-state index in [2.05, 4.69) is 48.5 Å². The highest BCUT2D eigenvalue weighted by molar-refractivity contribution is 5.79. The fourth-order valence-electron chi connectivity index (χ4n) is 3.58. The number of rotatable bonds is 6. The van der Waals surface area contributed by atoms with Crippen LogP contribution in [0.2, 0.25) is 0 Å². The third-order valence-electron chi connectivity index (χ3n) is 4.92. The molecule has 146 valence electrons. The molecule has 26 heavy (non-hydrogen) atoms. The minimum atomic E-state index is 0.165. The van der Waals surface area contributed by atoms with Gasteiger partial charge < -0.3 is 20.1 Å². The predicted molar refractivity (Wildman–Crippen MR) is 108 cm³/mol. The topological polar surface area (TPSA) is 54.9 Å². The molecule has 0 bridgehead atoms. The van der Waals surface area contributed by atoms with Gasteiger partial charge in [0.25, 0.3) is 0 Å². The van der Waals surface area contributed by atoms with Crippen LogP contribution < -0.4 is 15.4 Å². The number of ether oxygens (including phenoxy) is 2. The highest BCUT2D eigenvalue weighted by Gasteiger charge is 2.35. The highest BCUT2D eigenvalue weighted by atomic mass is 16.5. The first-order chi connectivity index (χ1) is 12.4. The molecule has 2 N–H and O–H groups in total. The maximum Gasteiger partial charge on any atom is 0.190 e. The fourth-order valence-corrected chi connectivity index (χ4v) is 3.58. The Labute approximate surface area is 158 Å². The zero-order valence-corrected chi connectivity index (χ0v) is 17.0. The van der Waals surface area contributed by atoms with E-state index in [1.54, 1.807) is 7.11 Å². The molecule has 1 heterocycles. The molecule has 0 saturated carbocycles. The maximum atomic E-state index is 6.07. The molecule has 0 radical (unpaired) electrons. The Bertz CT molecular complexity index is 564. The van der Waals surface area contributed by atoms with E-state index in [0.29, 0.717) is 12.0 Å². The Hall–Kier alpha value is -1.75. The van der Waals surface area contributed by atoms with Crippen LogP contribution in [0.25, 0.3) is 0 Å². The summed E-state index contributed by atoms with van der Waals surface area (Å²) in [6.07, 6.45) is 3.59. The molecule has 1 aliphatic heterocycles. The van der Waals surface area contributed by atoms with Gasteiger partial charge in [-0.05, 0) is 42.4 Å². The van der Waals surface area contributed by atoms with E-state index in [1.165, 1.54) is 12.0 Å². The summed E-state index contributed by atoms with van der Waals surface area (Å²) in [4.78, 5) is 4.35. The van der Waals surface area contributed by atoms with Crippen LogP contribution in [0.5, 0.6) is 5.75 Å². The molecule has 1 aliphatic rings. The Balaban J connectivity index is 1.77. The van der Waals surface area contributed by atoms with E-state index >= 15 is 0 Å². The highest BCUT2D eigenvalue weighted by Crippen LogP contribution is 2.33. The van der Waals surface area contributed by atoms with Gasteiger partial charge in [-0.25, -0.2) is 0 Å². The smallest absolute Gasteiger partial charge is 0.190 e. The van der Waals surface area contributed by atoms with Crippen LogP contribution in [0.15, 0.2) is 29.3 Å². The number of nitrogens with one attached hydrogen (secondary N) is 2. The molecule has 2 atom stereocenters. The molecule has 1 aromatic carbocycles. The summed E-state index contributed by atoms with van der Waals surface area (Å²) in [6, 6.07) is 8.20. The number of hydrogen-bond acceptors (Lipinski definition) is 3. The average Bonchev–Trinajstić information content (AvgIpc) is 2.64. The normalized spacial score (nSPS) is 21.3. The zero-order valence-electron chi connectivity index (χ0n) is 17.0. The average molecular weight is 362 g/mol. The Morgan fingerprint density at radius 3 is 2.58 bits per heavy atom. The van der Waals surface area contributed by atoms with Crippen LogP contribution in [0.1, 0.15) is 39.2 Å². The lowest BCUT2D eigenvalue weighted by Crippen LogP contribution is -2.47. The predicted octanol–water partition coefficient (Wildman–Crippen LogP) is 3.24. The van der Waals surface area contributed by atoms with Crippen LogP contribution in [0.4, 0.5) is 0 Å². The van der Waals surface area contributed by atoms with Gasteiger partial charge >= 0.3 is 0 Å². The number of benzene rings is 1. The van der Waals surface area contributed by atoms with Gasteiger partial charge in [0.15, 0.2) is 5.96 Å². The summed E-state index contributed by atoms with van der Waals surface area (Å²) in [5.41, 5.74) is 1.44. The molecule has 5 nitrogen and oxygen atoms in total. The lowest BCUT2D eigenvalue weighted by Gasteiger charge is -2.40. The first kappa shape index (κ1) is 20.6. The molecule has 0 aliphatic carbocycles. The summed E-state index contributed by atoms with van der Waals surface area (Å²) < 4.78 is 11.3. The van der Waals surface area contributed by atoms with Gasteiger partial charge in [-0.15, -0.1) is 0 Å². The van der Waals surface area contributed by atoms with Crippen LogP contribution in [-0.4, -0.2) is 45.9 Å². The summed E-state index contributed by atoms with van der Waals surface area (Å²) in [6.45, 7) is 9.40. The van der Waals surface area contributed by atoms with Crippen molar-refractivity contribution in [3.63, 3.8) is 0 Å². The molecule has 1 saturated heterocycles. The van der Waals surface area contributed by atoms with E-state index < -0.39 is 0 Å². The van der Waals surface area contributed by atoms with E-state index in [1.807, 2.05) is 19.2 Å². The van der Waals surface area contributed by atoms with E-state index in [9.17, 15) is 0 Å². The van der Waals surface area contributed by atoms with Crippen molar-refractivity contribution in [3.8, 4) is 5.75 Å². The van der Waals surface area contributed by atoms with Crippen molar-refractivity contribution >= 4 is 5.96 Å². The van der Waals surface area contributed by atoms with Crippen LogP contribution in [-0.2, 0) is 11.2 Å². The maximum absolute atomic E-state index is 6.07. The fraction of sp³-hybridized carbons (Fsp3) is 0.667. The second-order valence-electron chi connectivity index (χ2n) is 8.04. The quantitative estimate of drug-likeness (QED) is 0.603. The molecular weight excluding hydrogens is 326 g/mol. The largest absolute Gasteiger partial charge is 0.497 e. The second-order valence-corrected chi connectivity index (χ2v) is 8.04. The minimum absolute atomic E-state index is 0.165. The van der Waals surface area contributed by atoms with E-state index in [4.69, 9.17) is 9.47 Å². The number of guanidine groups is 1. The van der Waals surface area contributed by atoms with Crippen molar-refractivity contribution in [1.82, 2.24) is 10.6 Å². The number of hydrogen-bond donors (Lipinski definition) is 2. The lowest BCUT2D eigenvalue weighted by molar-refractivity contribution is -0.0835. The van der Waals surface area contributed by atoms with E-state index in [0.717, 1.165) is 44.2 Å². The third-order valence-corrected chi connectivity index (χ3v) is 4.92. The third kappa shape index (κ3) is 6.20. The molecule has 0 aromatic heterocycles. The van der Waals surface area contributed by atoms with Crippen molar-refractivity contribution in [2.45, 2.75) is 46.1 Å². The molecule has 1 fully saturated rings. The van der Waals surface area contributed by atoms with Crippen molar-refractivity contribution in [1.29, 1.82) is 0 Å².